The Morgan fingerprint density at radius 1 is 0.643 bits per heavy atom. The maximum atomic E-state index is 14.1. The number of hydrogen-bond acceptors (Lipinski definition) is 3. The van der Waals surface area contributed by atoms with Gasteiger partial charge in [0.15, 0.2) is 11.5 Å². The first-order valence-electron chi connectivity index (χ1n) is 22.4. The molecule has 0 bridgehead atoms. The topological polar surface area (TPSA) is 46.4 Å². The van der Waals surface area contributed by atoms with Gasteiger partial charge < -0.3 is 10.0 Å². The highest BCUT2D eigenvalue weighted by atomic mass is 127. The van der Waals surface area contributed by atoms with Gasteiger partial charge in [-0.05, 0) is 114 Å². The number of Topliss-reactive ketones (excluding diaryl/α,β-unsaturated/α-hetero) is 1. The zero-order valence-corrected chi connectivity index (χ0v) is 40.0. The van der Waals surface area contributed by atoms with Crippen LogP contribution >= 0.6 is 45.2 Å². The number of carbonyl (C=O) groups is 1. The monoisotopic (exact) mass is 984 g/mol. The first-order valence-corrected chi connectivity index (χ1v) is 24.5. The Morgan fingerprint density at radius 3 is 1.70 bits per heavy atom. The second-order valence-electron chi connectivity index (χ2n) is 17.8. The number of anilines is 1. The molecule has 0 spiro atoms. The van der Waals surface area contributed by atoms with E-state index in [-0.39, 0.29) is 22.4 Å². The number of halogens is 2. The minimum atomic E-state index is -0.311. The Morgan fingerprint density at radius 2 is 1.14 bits per heavy atom. The van der Waals surface area contributed by atoms with Gasteiger partial charge in [-0.2, -0.15) is 4.58 Å². The summed E-state index contributed by atoms with van der Waals surface area (Å²) < 4.78 is 4.82. The third kappa shape index (κ3) is 10.8. The smallest absolute Gasteiger partial charge is 0.209 e. The summed E-state index contributed by atoms with van der Waals surface area (Å²) in [6.07, 6.45) is 29.8. The van der Waals surface area contributed by atoms with Crippen molar-refractivity contribution in [1.29, 1.82) is 0 Å². The van der Waals surface area contributed by atoms with Crippen LogP contribution in [0.1, 0.15) is 181 Å². The minimum Gasteiger partial charge on any atom is -0.871 e. The van der Waals surface area contributed by atoms with Gasteiger partial charge in [-0.25, -0.2) is 0 Å². The van der Waals surface area contributed by atoms with E-state index in [0.29, 0.717) is 11.1 Å². The third-order valence-corrected chi connectivity index (χ3v) is 14.1. The van der Waals surface area contributed by atoms with Crippen molar-refractivity contribution >= 4 is 68.1 Å². The van der Waals surface area contributed by atoms with Gasteiger partial charge in [-0.15, -0.1) is 0 Å². The molecule has 3 aliphatic rings. The molecular weight excluding hydrogens is 914 g/mol. The largest absolute Gasteiger partial charge is 0.871 e. The zero-order chi connectivity index (χ0) is 40.3. The number of unbranched alkanes of at least 4 members (excludes halogenated alkanes) is 18. The van der Waals surface area contributed by atoms with Crippen LogP contribution in [0.3, 0.4) is 0 Å². The number of hydrogen-bond donors (Lipinski definition) is 0. The lowest BCUT2D eigenvalue weighted by atomic mass is 9.77. The molecule has 56 heavy (non-hydrogen) atoms. The fourth-order valence-corrected chi connectivity index (χ4v) is 10.2. The van der Waals surface area contributed by atoms with E-state index in [2.05, 4.69) is 133 Å². The van der Waals surface area contributed by atoms with Crippen LogP contribution in [0.15, 0.2) is 71.2 Å². The van der Waals surface area contributed by atoms with Crippen molar-refractivity contribution in [2.24, 2.45) is 0 Å². The molecule has 0 aromatic heterocycles. The molecule has 0 amide bonds. The maximum Gasteiger partial charge on any atom is 0.209 e. The van der Waals surface area contributed by atoms with Gasteiger partial charge in [0, 0.05) is 65.8 Å². The van der Waals surface area contributed by atoms with Gasteiger partial charge in [0.1, 0.15) is 6.54 Å². The molecule has 6 heteroatoms. The minimum absolute atomic E-state index is 0.115. The summed E-state index contributed by atoms with van der Waals surface area (Å²) in [5, 5.41) is 14.1. The first-order chi connectivity index (χ1) is 26.9. The second-order valence-corrected chi connectivity index (χ2v) is 20.3. The average molecular weight is 985 g/mol. The first kappa shape index (κ1) is 45.1. The molecule has 1 aliphatic carbocycles. The predicted octanol–water partition coefficient (Wildman–Crippen LogP) is 13.9. The molecular formula is C50H70I2N2O2. The number of ketones is 1. The molecule has 2 aromatic carbocycles. The maximum absolute atomic E-state index is 14.1. The lowest BCUT2D eigenvalue weighted by molar-refractivity contribution is -0.438. The summed E-state index contributed by atoms with van der Waals surface area (Å²) in [6, 6.07) is 13.4. The predicted molar refractivity (Wildman–Crippen MR) is 253 cm³/mol. The van der Waals surface area contributed by atoms with Crippen LogP contribution < -0.4 is 10.0 Å². The molecule has 0 saturated carbocycles. The molecule has 0 N–H and O–H groups in total. The van der Waals surface area contributed by atoms with Gasteiger partial charge >= 0.3 is 0 Å². The molecule has 0 saturated heterocycles. The molecule has 0 fully saturated rings. The van der Waals surface area contributed by atoms with Gasteiger partial charge in [0.2, 0.25) is 5.69 Å². The number of nitrogens with zero attached hydrogens (tertiary/aromatic N) is 2. The average Bonchev–Trinajstić information content (AvgIpc) is 3.50. The third-order valence-electron chi connectivity index (χ3n) is 12.7. The van der Waals surface area contributed by atoms with Crippen LogP contribution in [-0.2, 0) is 15.6 Å². The van der Waals surface area contributed by atoms with Crippen LogP contribution in [0, 0.1) is 7.14 Å². The summed E-state index contributed by atoms with van der Waals surface area (Å²) >= 11 is 4.80. The SMILES string of the molecule is CCCCCCCCCCCCN1/C(=C/C2=C([O-])C(=C\C3=[N+](CCCCCCCCCCCC)c4ccc(I)cc4C3(C)C)/C2=O)C(C)(C)c2cc(I)ccc21. The van der Waals surface area contributed by atoms with E-state index in [1.54, 1.807) is 0 Å². The van der Waals surface area contributed by atoms with E-state index in [0.717, 1.165) is 37.3 Å². The van der Waals surface area contributed by atoms with Crippen LogP contribution in [0.2, 0.25) is 0 Å². The van der Waals surface area contributed by atoms with E-state index < -0.39 is 0 Å². The molecule has 306 valence electrons. The second kappa shape index (κ2) is 21.4. The number of fused-ring (bicyclic) bond motifs is 2. The summed E-state index contributed by atoms with van der Waals surface area (Å²) in [4.78, 5) is 16.5. The molecule has 0 unspecified atom stereocenters. The van der Waals surface area contributed by atoms with Gasteiger partial charge in [0.05, 0.1) is 5.41 Å². The molecule has 2 aromatic rings. The fourth-order valence-electron chi connectivity index (χ4n) is 9.18. The van der Waals surface area contributed by atoms with Crippen LogP contribution in [-0.4, -0.2) is 29.2 Å². The quantitative estimate of drug-likeness (QED) is 0.0456. The van der Waals surface area contributed by atoms with Crippen molar-refractivity contribution in [3.8, 4) is 0 Å². The van der Waals surface area contributed by atoms with Crippen molar-refractivity contribution in [1.82, 2.24) is 0 Å². The Labute approximate surface area is 368 Å². The summed E-state index contributed by atoms with van der Waals surface area (Å²) in [5.41, 5.74) is 7.16. The summed E-state index contributed by atoms with van der Waals surface area (Å²) in [5.74, 6) is -0.231. The summed E-state index contributed by atoms with van der Waals surface area (Å²) in [7, 11) is 0. The van der Waals surface area contributed by atoms with Crippen LogP contribution in [0.4, 0.5) is 11.4 Å². The van der Waals surface area contributed by atoms with Crippen molar-refractivity contribution in [3.05, 3.63) is 89.4 Å². The number of carbonyl (C=O) groups excluding carboxylic acids is 1. The fraction of sp³-hybridized carbons (Fsp3) is 0.600. The van der Waals surface area contributed by atoms with Crippen molar-refractivity contribution in [3.63, 3.8) is 0 Å². The Hall–Kier alpha value is -1.94. The molecule has 5 rings (SSSR count). The molecule has 0 atom stereocenters. The molecule has 2 aliphatic heterocycles. The van der Waals surface area contributed by atoms with Gasteiger partial charge in [0.25, 0.3) is 0 Å². The zero-order valence-electron chi connectivity index (χ0n) is 35.6. The number of benzene rings is 2. The highest BCUT2D eigenvalue weighted by Crippen LogP contribution is 2.50. The summed E-state index contributed by atoms with van der Waals surface area (Å²) in [6.45, 7) is 15.3. The Balaban J connectivity index is 1.33. The van der Waals surface area contributed by atoms with E-state index in [1.165, 1.54) is 145 Å². The standard InChI is InChI=1S/C50H70I2N2O2/c1-7-9-11-13-15-17-19-21-23-25-31-53-43-29-27-37(51)33-41(43)49(3,4)45(53)35-39-47(55)40(48(39)56)36-46-50(5,6)42-34-38(52)28-30-44(42)54(46)32-26-24-22-20-18-16-14-12-10-8-2/h27-30,33-36H,7-26,31-32H2,1-6H3. The van der Waals surface area contributed by atoms with Gasteiger partial charge in [-0.3, -0.25) is 4.79 Å². The van der Waals surface area contributed by atoms with Crippen LogP contribution in [0.25, 0.3) is 0 Å². The highest BCUT2D eigenvalue weighted by molar-refractivity contribution is 14.1. The normalized spacial score (nSPS) is 18.4. The molecule has 4 nitrogen and oxygen atoms in total. The van der Waals surface area contributed by atoms with E-state index >= 15 is 0 Å². The van der Waals surface area contributed by atoms with Gasteiger partial charge in [-0.1, -0.05) is 143 Å². The highest BCUT2D eigenvalue weighted by Gasteiger charge is 2.46. The van der Waals surface area contributed by atoms with Crippen molar-refractivity contribution in [2.75, 3.05) is 18.0 Å². The van der Waals surface area contributed by atoms with E-state index in [9.17, 15) is 9.90 Å². The number of allylic oxidation sites excluding steroid dienone is 5. The Kier molecular flexibility index (Phi) is 17.2. The lowest BCUT2D eigenvalue weighted by Gasteiger charge is -2.33. The molecule has 2 heterocycles. The van der Waals surface area contributed by atoms with E-state index in [4.69, 9.17) is 0 Å². The Bertz CT molecular complexity index is 1800. The lowest BCUT2D eigenvalue weighted by Crippen LogP contribution is -2.35. The number of rotatable bonds is 24. The van der Waals surface area contributed by atoms with E-state index in [1.807, 2.05) is 12.2 Å². The molecule has 0 radical (unpaired) electrons. The van der Waals surface area contributed by atoms with Crippen molar-refractivity contribution in [2.45, 2.75) is 181 Å². The van der Waals surface area contributed by atoms with Crippen LogP contribution in [0.5, 0.6) is 0 Å². The van der Waals surface area contributed by atoms with Crippen molar-refractivity contribution < 1.29 is 14.5 Å².